The van der Waals surface area contributed by atoms with Crippen LogP contribution in [0.4, 0.5) is 5.69 Å². The minimum Gasteiger partial charge on any atom is -0.497 e. The summed E-state index contributed by atoms with van der Waals surface area (Å²) < 4.78 is 5.21. The van der Waals surface area contributed by atoms with E-state index in [1.807, 2.05) is 24.3 Å². The Hall–Kier alpha value is -2.90. The molecule has 7 nitrogen and oxygen atoms in total. The smallest absolute Gasteiger partial charge is 0.321 e. The van der Waals surface area contributed by atoms with E-state index < -0.39 is 12.0 Å². The second-order valence-corrected chi connectivity index (χ2v) is 8.49. The molecule has 0 heterocycles. The monoisotopic (exact) mass is 439 g/mol. The Morgan fingerprint density at radius 3 is 2.62 bits per heavy atom. The Balaban J connectivity index is 1.75. The summed E-state index contributed by atoms with van der Waals surface area (Å²) >= 11 is 0. The molecule has 0 aromatic heterocycles. The van der Waals surface area contributed by atoms with Gasteiger partial charge in [0.15, 0.2) is 0 Å². The molecule has 1 aliphatic carbocycles. The summed E-state index contributed by atoms with van der Waals surface area (Å²) in [4.78, 5) is 26.3. The Morgan fingerprint density at radius 1 is 1.16 bits per heavy atom. The van der Waals surface area contributed by atoms with Gasteiger partial charge in [-0.15, -0.1) is 0 Å². The fraction of sp³-hybridized carbons (Fsp3) is 0.440. The predicted molar refractivity (Wildman–Crippen MR) is 125 cm³/mol. The average molecular weight is 440 g/mol. The second-order valence-electron chi connectivity index (χ2n) is 8.49. The lowest BCUT2D eigenvalue weighted by atomic mass is 9.88. The van der Waals surface area contributed by atoms with Crippen LogP contribution >= 0.6 is 0 Å². The number of hydrogen-bond acceptors (Lipinski definition) is 5. The van der Waals surface area contributed by atoms with Crippen LogP contribution in [0, 0.1) is 5.92 Å². The van der Waals surface area contributed by atoms with Crippen molar-refractivity contribution in [2.24, 2.45) is 11.7 Å². The minimum atomic E-state index is -1.00. The van der Waals surface area contributed by atoms with E-state index in [9.17, 15) is 14.7 Å². The number of methoxy groups -OCH3 is 1. The number of anilines is 1. The summed E-state index contributed by atoms with van der Waals surface area (Å²) in [5, 5.41) is 12.3. The number of para-hydroxylation sites is 1. The maximum atomic E-state index is 12.8. The molecule has 2 aromatic carbocycles. The quantitative estimate of drug-likeness (QED) is 0.521. The van der Waals surface area contributed by atoms with Crippen molar-refractivity contribution in [3.05, 3.63) is 59.7 Å². The molecular formula is C25H33N3O4. The zero-order valence-corrected chi connectivity index (χ0v) is 18.6. The van der Waals surface area contributed by atoms with Crippen molar-refractivity contribution in [1.29, 1.82) is 0 Å². The molecule has 4 N–H and O–H groups in total. The van der Waals surface area contributed by atoms with Gasteiger partial charge in [0, 0.05) is 30.9 Å². The first-order valence-electron chi connectivity index (χ1n) is 11.2. The molecule has 1 saturated carbocycles. The second kappa shape index (κ2) is 11.6. The molecule has 1 amide bonds. The number of nitrogens with one attached hydrogen (secondary N) is 1. The third kappa shape index (κ3) is 6.80. The van der Waals surface area contributed by atoms with Crippen molar-refractivity contribution >= 4 is 17.6 Å². The van der Waals surface area contributed by atoms with Crippen molar-refractivity contribution in [3.63, 3.8) is 0 Å². The van der Waals surface area contributed by atoms with Crippen LogP contribution in [0.15, 0.2) is 48.5 Å². The van der Waals surface area contributed by atoms with Gasteiger partial charge < -0.3 is 20.9 Å². The standard InChI is InChI=1S/C25H33N3O4/c1-32-21-12-7-11-19(14-21)24(29)27-23-13-6-5-10-20(23)16-28(17-22(26)25(30)31)15-18-8-3-2-4-9-18/h5-7,10-14,18,22H,2-4,8-9,15-17,26H2,1H3,(H,27,29)(H,30,31). The maximum absolute atomic E-state index is 12.8. The lowest BCUT2D eigenvalue weighted by Gasteiger charge is -2.31. The van der Waals surface area contributed by atoms with E-state index in [1.165, 1.54) is 19.3 Å². The number of rotatable bonds is 10. The molecule has 0 spiro atoms. The number of hydrogen-bond donors (Lipinski definition) is 3. The number of benzene rings is 2. The van der Waals surface area contributed by atoms with E-state index in [4.69, 9.17) is 10.5 Å². The van der Waals surface area contributed by atoms with Crippen LogP contribution in [-0.4, -0.2) is 48.1 Å². The summed E-state index contributed by atoms with van der Waals surface area (Å²) in [6.07, 6.45) is 6.03. The number of carbonyl (C=O) groups excluding carboxylic acids is 1. The van der Waals surface area contributed by atoms with Crippen LogP contribution in [0.25, 0.3) is 0 Å². The maximum Gasteiger partial charge on any atom is 0.321 e. The van der Waals surface area contributed by atoms with Gasteiger partial charge in [-0.2, -0.15) is 0 Å². The molecule has 0 saturated heterocycles. The van der Waals surface area contributed by atoms with Crippen molar-refractivity contribution in [2.45, 2.75) is 44.7 Å². The Morgan fingerprint density at radius 2 is 1.91 bits per heavy atom. The summed E-state index contributed by atoms with van der Waals surface area (Å²) in [7, 11) is 1.56. The highest BCUT2D eigenvalue weighted by molar-refractivity contribution is 6.04. The first kappa shape index (κ1) is 23.8. The first-order valence-corrected chi connectivity index (χ1v) is 11.2. The summed E-state index contributed by atoms with van der Waals surface area (Å²) in [6.45, 7) is 1.59. The average Bonchev–Trinajstić information content (AvgIpc) is 2.80. The van der Waals surface area contributed by atoms with Crippen molar-refractivity contribution < 1.29 is 19.4 Å². The highest BCUT2D eigenvalue weighted by atomic mass is 16.5. The van der Waals surface area contributed by atoms with Gasteiger partial charge in [0.2, 0.25) is 0 Å². The summed E-state index contributed by atoms with van der Waals surface area (Å²) in [6, 6.07) is 13.7. The fourth-order valence-electron chi connectivity index (χ4n) is 4.27. The zero-order valence-electron chi connectivity index (χ0n) is 18.6. The largest absolute Gasteiger partial charge is 0.497 e. The number of nitrogens with zero attached hydrogens (tertiary/aromatic N) is 1. The van der Waals surface area contributed by atoms with Gasteiger partial charge in [-0.25, -0.2) is 0 Å². The number of amides is 1. The lowest BCUT2D eigenvalue weighted by Crippen LogP contribution is -2.44. The molecule has 32 heavy (non-hydrogen) atoms. The molecule has 1 unspecified atom stereocenters. The lowest BCUT2D eigenvalue weighted by molar-refractivity contribution is -0.139. The topological polar surface area (TPSA) is 105 Å². The van der Waals surface area contributed by atoms with E-state index in [0.717, 1.165) is 24.9 Å². The molecule has 7 heteroatoms. The van der Waals surface area contributed by atoms with Crippen molar-refractivity contribution in [1.82, 2.24) is 4.90 Å². The Labute approximate surface area is 189 Å². The zero-order chi connectivity index (χ0) is 22.9. The van der Waals surface area contributed by atoms with Crippen LogP contribution in [-0.2, 0) is 11.3 Å². The number of aliphatic carboxylic acids is 1. The highest BCUT2D eigenvalue weighted by Crippen LogP contribution is 2.26. The molecular weight excluding hydrogens is 406 g/mol. The molecule has 0 radical (unpaired) electrons. The van der Waals surface area contributed by atoms with Gasteiger partial charge in [0.1, 0.15) is 11.8 Å². The SMILES string of the molecule is COc1cccc(C(=O)Nc2ccccc2CN(CC2CCCCC2)CC(N)C(=O)O)c1. The first-order chi connectivity index (χ1) is 15.5. The van der Waals surface area contributed by atoms with Crippen LogP contribution in [0.1, 0.15) is 48.0 Å². The Kier molecular flexibility index (Phi) is 8.64. The van der Waals surface area contributed by atoms with Crippen LogP contribution in [0.3, 0.4) is 0 Å². The molecule has 3 rings (SSSR count). The van der Waals surface area contributed by atoms with Crippen molar-refractivity contribution in [2.75, 3.05) is 25.5 Å². The molecule has 0 bridgehead atoms. The van der Waals surface area contributed by atoms with Crippen LogP contribution < -0.4 is 15.8 Å². The highest BCUT2D eigenvalue weighted by Gasteiger charge is 2.22. The van der Waals surface area contributed by atoms with Crippen LogP contribution in [0.2, 0.25) is 0 Å². The van der Waals surface area contributed by atoms with Gasteiger partial charge in [-0.05, 0) is 48.6 Å². The predicted octanol–water partition coefficient (Wildman–Crippen LogP) is 3.74. The third-order valence-corrected chi connectivity index (χ3v) is 6.00. The normalized spacial score (nSPS) is 15.3. The van der Waals surface area contributed by atoms with E-state index >= 15 is 0 Å². The molecule has 1 aliphatic rings. The van der Waals surface area contributed by atoms with E-state index in [0.29, 0.717) is 29.5 Å². The summed E-state index contributed by atoms with van der Waals surface area (Å²) in [5.74, 6) is -0.0637. The number of ether oxygens (including phenoxy) is 1. The van der Waals surface area contributed by atoms with E-state index in [-0.39, 0.29) is 12.5 Å². The van der Waals surface area contributed by atoms with Crippen LogP contribution in [0.5, 0.6) is 5.75 Å². The third-order valence-electron chi connectivity index (χ3n) is 6.00. The summed E-state index contributed by atoms with van der Waals surface area (Å²) in [5.41, 5.74) is 8.02. The number of carboxylic acid groups (broad SMARTS) is 1. The van der Waals surface area contributed by atoms with Gasteiger partial charge in [-0.1, -0.05) is 43.5 Å². The molecule has 1 fully saturated rings. The fourth-order valence-corrected chi connectivity index (χ4v) is 4.27. The van der Waals surface area contributed by atoms with E-state index in [2.05, 4.69) is 10.2 Å². The van der Waals surface area contributed by atoms with E-state index in [1.54, 1.807) is 31.4 Å². The number of carboxylic acids is 1. The van der Waals surface area contributed by atoms with Crippen molar-refractivity contribution in [3.8, 4) is 5.75 Å². The number of nitrogens with two attached hydrogens (primary N) is 1. The molecule has 1 atom stereocenters. The van der Waals surface area contributed by atoms with Gasteiger partial charge >= 0.3 is 5.97 Å². The number of carbonyl (C=O) groups is 2. The van der Waals surface area contributed by atoms with Gasteiger partial charge in [0.25, 0.3) is 5.91 Å². The molecule has 2 aromatic rings. The molecule has 0 aliphatic heterocycles. The van der Waals surface area contributed by atoms with Gasteiger partial charge in [0.05, 0.1) is 7.11 Å². The molecule has 172 valence electrons. The van der Waals surface area contributed by atoms with Gasteiger partial charge in [-0.3, -0.25) is 14.5 Å². The Bertz CT molecular complexity index is 912. The minimum absolute atomic E-state index is 0.225.